The van der Waals surface area contributed by atoms with E-state index < -0.39 is 0 Å². The van der Waals surface area contributed by atoms with Gasteiger partial charge in [-0.2, -0.15) is 0 Å². The molecule has 1 heterocycles. The summed E-state index contributed by atoms with van der Waals surface area (Å²) in [7, 11) is 2.08. The van der Waals surface area contributed by atoms with E-state index in [4.69, 9.17) is 10.5 Å². The van der Waals surface area contributed by atoms with Crippen LogP contribution in [0.3, 0.4) is 0 Å². The molecule has 1 aliphatic rings. The van der Waals surface area contributed by atoms with Gasteiger partial charge in [0.1, 0.15) is 5.75 Å². The fourth-order valence-electron chi connectivity index (χ4n) is 2.51. The number of nitrogens with zero attached hydrogens (tertiary/aromatic N) is 2. The number of amides is 1. The zero-order valence-electron chi connectivity index (χ0n) is 12.2. The van der Waals surface area contributed by atoms with Crippen LogP contribution in [0.4, 0.5) is 5.69 Å². The molecule has 2 N–H and O–H groups in total. The molecule has 20 heavy (non-hydrogen) atoms. The summed E-state index contributed by atoms with van der Waals surface area (Å²) in [5.41, 5.74) is 6.35. The van der Waals surface area contributed by atoms with E-state index in [0.29, 0.717) is 24.5 Å². The molecule has 1 fully saturated rings. The third kappa shape index (κ3) is 3.87. The molecule has 0 aliphatic carbocycles. The number of ether oxygens (including phenoxy) is 1. The summed E-state index contributed by atoms with van der Waals surface area (Å²) in [5.74, 6) is 0.874. The van der Waals surface area contributed by atoms with Crippen LogP contribution in [0.25, 0.3) is 0 Å². The van der Waals surface area contributed by atoms with E-state index in [-0.39, 0.29) is 11.9 Å². The Bertz CT molecular complexity index is 464. The molecule has 110 valence electrons. The molecule has 5 heteroatoms. The molecule has 0 bridgehead atoms. The SMILES string of the molecule is CC1CN(C)CCN1C(=O)CCOc1cccc(N)c1. The van der Waals surface area contributed by atoms with Gasteiger partial charge >= 0.3 is 0 Å². The molecule has 1 aliphatic heterocycles. The number of benzene rings is 1. The molecule has 1 saturated heterocycles. The monoisotopic (exact) mass is 277 g/mol. The molecule has 0 spiro atoms. The zero-order chi connectivity index (χ0) is 14.5. The van der Waals surface area contributed by atoms with Gasteiger partial charge in [-0.3, -0.25) is 4.79 Å². The number of anilines is 1. The number of likely N-dealkylation sites (N-methyl/N-ethyl adjacent to an activating group) is 1. The third-order valence-electron chi connectivity index (χ3n) is 3.59. The second-order valence-corrected chi connectivity index (χ2v) is 5.37. The molecule has 0 aromatic heterocycles. The minimum atomic E-state index is 0.162. The maximum absolute atomic E-state index is 12.2. The van der Waals surface area contributed by atoms with Crippen molar-refractivity contribution >= 4 is 11.6 Å². The van der Waals surface area contributed by atoms with Gasteiger partial charge in [-0.05, 0) is 26.1 Å². The van der Waals surface area contributed by atoms with Crippen LogP contribution in [0.15, 0.2) is 24.3 Å². The highest BCUT2D eigenvalue weighted by Gasteiger charge is 2.25. The highest BCUT2D eigenvalue weighted by Crippen LogP contribution is 2.15. The normalized spacial score (nSPS) is 19.9. The van der Waals surface area contributed by atoms with Crippen molar-refractivity contribution in [2.24, 2.45) is 0 Å². The van der Waals surface area contributed by atoms with E-state index in [9.17, 15) is 4.79 Å². The minimum absolute atomic E-state index is 0.162. The van der Waals surface area contributed by atoms with E-state index in [1.165, 1.54) is 0 Å². The van der Waals surface area contributed by atoms with Gasteiger partial charge in [0, 0.05) is 37.4 Å². The van der Waals surface area contributed by atoms with Gasteiger partial charge in [-0.15, -0.1) is 0 Å². The van der Waals surface area contributed by atoms with Crippen molar-refractivity contribution in [3.05, 3.63) is 24.3 Å². The van der Waals surface area contributed by atoms with Crippen LogP contribution in [-0.2, 0) is 4.79 Å². The van der Waals surface area contributed by atoms with Gasteiger partial charge in [0.2, 0.25) is 5.91 Å². The number of hydrogen-bond donors (Lipinski definition) is 1. The van der Waals surface area contributed by atoms with Crippen molar-refractivity contribution in [1.82, 2.24) is 9.80 Å². The summed E-state index contributed by atoms with van der Waals surface area (Å²) in [6.07, 6.45) is 0.406. The first-order valence-corrected chi connectivity index (χ1v) is 7.02. The summed E-state index contributed by atoms with van der Waals surface area (Å²) < 4.78 is 5.57. The molecule has 2 rings (SSSR count). The molecule has 1 amide bonds. The largest absolute Gasteiger partial charge is 0.493 e. The number of piperazine rings is 1. The second-order valence-electron chi connectivity index (χ2n) is 5.37. The zero-order valence-corrected chi connectivity index (χ0v) is 12.2. The van der Waals surface area contributed by atoms with E-state index in [1.807, 2.05) is 23.1 Å². The Labute approximate surface area is 120 Å². The molecular weight excluding hydrogens is 254 g/mol. The summed E-state index contributed by atoms with van der Waals surface area (Å²) in [6.45, 7) is 5.15. The highest BCUT2D eigenvalue weighted by molar-refractivity contribution is 5.76. The smallest absolute Gasteiger partial charge is 0.226 e. The fraction of sp³-hybridized carbons (Fsp3) is 0.533. The van der Waals surface area contributed by atoms with Crippen molar-refractivity contribution < 1.29 is 9.53 Å². The fourth-order valence-corrected chi connectivity index (χ4v) is 2.51. The molecule has 0 radical (unpaired) electrons. The maximum Gasteiger partial charge on any atom is 0.226 e. The van der Waals surface area contributed by atoms with Crippen LogP contribution >= 0.6 is 0 Å². The minimum Gasteiger partial charge on any atom is -0.493 e. The number of nitrogens with two attached hydrogens (primary N) is 1. The standard InChI is InChI=1S/C15H23N3O2/c1-12-11-17(2)7-8-18(12)15(19)6-9-20-14-5-3-4-13(16)10-14/h3-5,10,12H,6-9,11,16H2,1-2H3. The average molecular weight is 277 g/mol. The molecule has 1 unspecified atom stereocenters. The third-order valence-corrected chi connectivity index (χ3v) is 3.59. The van der Waals surface area contributed by atoms with Crippen molar-refractivity contribution in [2.75, 3.05) is 39.0 Å². The highest BCUT2D eigenvalue weighted by atomic mass is 16.5. The number of carbonyl (C=O) groups is 1. The van der Waals surface area contributed by atoms with Crippen molar-refractivity contribution in [1.29, 1.82) is 0 Å². The predicted molar refractivity (Wildman–Crippen MR) is 79.6 cm³/mol. The lowest BCUT2D eigenvalue weighted by molar-refractivity contribution is -0.135. The van der Waals surface area contributed by atoms with Gasteiger partial charge in [-0.1, -0.05) is 6.07 Å². The molecule has 5 nitrogen and oxygen atoms in total. The number of nitrogen functional groups attached to an aromatic ring is 1. The molecule has 1 atom stereocenters. The van der Waals surface area contributed by atoms with Gasteiger partial charge in [0.15, 0.2) is 0 Å². The van der Waals surface area contributed by atoms with Crippen molar-refractivity contribution in [2.45, 2.75) is 19.4 Å². The van der Waals surface area contributed by atoms with Gasteiger partial charge in [0.05, 0.1) is 13.0 Å². The predicted octanol–water partition coefficient (Wildman–Crippen LogP) is 1.20. The lowest BCUT2D eigenvalue weighted by atomic mass is 10.2. The topological polar surface area (TPSA) is 58.8 Å². The Morgan fingerprint density at radius 3 is 2.95 bits per heavy atom. The van der Waals surface area contributed by atoms with E-state index in [2.05, 4.69) is 18.9 Å². The molecule has 0 saturated carbocycles. The van der Waals surface area contributed by atoms with Crippen LogP contribution in [0.2, 0.25) is 0 Å². The first kappa shape index (κ1) is 14.7. The van der Waals surface area contributed by atoms with Crippen molar-refractivity contribution in [3.8, 4) is 5.75 Å². The van der Waals surface area contributed by atoms with Gasteiger partial charge in [-0.25, -0.2) is 0 Å². The van der Waals surface area contributed by atoms with Crippen LogP contribution in [0.5, 0.6) is 5.75 Å². The summed E-state index contributed by atoms with van der Waals surface area (Å²) in [6, 6.07) is 7.54. The first-order chi connectivity index (χ1) is 9.56. The maximum atomic E-state index is 12.2. The van der Waals surface area contributed by atoms with Gasteiger partial charge < -0.3 is 20.3 Å². The second kappa shape index (κ2) is 6.61. The molecular formula is C15H23N3O2. The quantitative estimate of drug-likeness (QED) is 0.840. The Morgan fingerprint density at radius 1 is 1.45 bits per heavy atom. The van der Waals surface area contributed by atoms with Crippen LogP contribution < -0.4 is 10.5 Å². The van der Waals surface area contributed by atoms with E-state index >= 15 is 0 Å². The summed E-state index contributed by atoms with van der Waals surface area (Å²) in [5, 5.41) is 0. The lowest BCUT2D eigenvalue weighted by Crippen LogP contribution is -2.52. The number of rotatable bonds is 4. The van der Waals surface area contributed by atoms with E-state index in [1.54, 1.807) is 6.07 Å². The van der Waals surface area contributed by atoms with Gasteiger partial charge in [0.25, 0.3) is 0 Å². The van der Waals surface area contributed by atoms with Crippen LogP contribution in [-0.4, -0.2) is 55.0 Å². The Hall–Kier alpha value is -1.75. The van der Waals surface area contributed by atoms with E-state index in [0.717, 1.165) is 19.6 Å². The van der Waals surface area contributed by atoms with Crippen LogP contribution in [0.1, 0.15) is 13.3 Å². The number of hydrogen-bond acceptors (Lipinski definition) is 4. The summed E-state index contributed by atoms with van der Waals surface area (Å²) >= 11 is 0. The molecule has 1 aromatic carbocycles. The lowest BCUT2D eigenvalue weighted by Gasteiger charge is -2.38. The number of carbonyl (C=O) groups excluding carboxylic acids is 1. The Morgan fingerprint density at radius 2 is 2.25 bits per heavy atom. The Kier molecular flexibility index (Phi) is 4.84. The average Bonchev–Trinajstić information content (AvgIpc) is 2.38. The summed E-state index contributed by atoms with van der Waals surface area (Å²) in [4.78, 5) is 16.4. The van der Waals surface area contributed by atoms with Crippen molar-refractivity contribution in [3.63, 3.8) is 0 Å². The van der Waals surface area contributed by atoms with Crippen LogP contribution in [0, 0.1) is 0 Å². The molecule has 1 aromatic rings. The Balaban J connectivity index is 1.78. The first-order valence-electron chi connectivity index (χ1n) is 7.02.